The highest BCUT2D eigenvalue weighted by molar-refractivity contribution is 5.27. The van der Waals surface area contributed by atoms with Gasteiger partial charge < -0.3 is 10.6 Å². The van der Waals surface area contributed by atoms with Crippen LogP contribution in [0.2, 0.25) is 0 Å². The third kappa shape index (κ3) is 4.18. The van der Waals surface area contributed by atoms with Gasteiger partial charge in [0.15, 0.2) is 0 Å². The van der Waals surface area contributed by atoms with Crippen LogP contribution in [0.3, 0.4) is 0 Å². The van der Waals surface area contributed by atoms with E-state index in [4.69, 9.17) is 5.73 Å². The average molecular weight is 208 g/mol. The number of nitrogens with zero attached hydrogens (tertiary/aromatic N) is 1. The van der Waals surface area contributed by atoms with E-state index in [0.29, 0.717) is 5.92 Å². The summed E-state index contributed by atoms with van der Waals surface area (Å²) in [6.07, 6.45) is 6.95. The summed E-state index contributed by atoms with van der Waals surface area (Å²) in [6, 6.07) is 0. The zero-order valence-corrected chi connectivity index (χ0v) is 10.3. The first kappa shape index (κ1) is 12.5. The normalized spacial score (nSPS) is 21.5. The van der Waals surface area contributed by atoms with E-state index in [1.807, 2.05) is 0 Å². The minimum Gasteiger partial charge on any atom is -0.330 e. The Morgan fingerprint density at radius 3 is 2.80 bits per heavy atom. The molecule has 86 valence electrons. The zero-order valence-electron chi connectivity index (χ0n) is 10.3. The smallest absolute Gasteiger partial charge is 0.00470 e. The van der Waals surface area contributed by atoms with Gasteiger partial charge in [-0.05, 0) is 52.7 Å². The molecule has 1 aliphatic rings. The summed E-state index contributed by atoms with van der Waals surface area (Å²) in [5.41, 5.74) is 8.44. The molecule has 0 heterocycles. The van der Waals surface area contributed by atoms with Gasteiger partial charge in [-0.15, -0.1) is 0 Å². The molecule has 0 aromatic rings. The van der Waals surface area contributed by atoms with Crippen molar-refractivity contribution < 1.29 is 0 Å². The summed E-state index contributed by atoms with van der Waals surface area (Å²) >= 11 is 0. The SMILES string of the molecule is CC1=CC[C@@H](CN(C)CCCN)C(C)=C1. The van der Waals surface area contributed by atoms with Crippen LogP contribution in [0.5, 0.6) is 0 Å². The number of allylic oxidation sites excluding steroid dienone is 3. The van der Waals surface area contributed by atoms with Crippen LogP contribution in [0.1, 0.15) is 26.7 Å². The largest absolute Gasteiger partial charge is 0.330 e. The topological polar surface area (TPSA) is 29.3 Å². The quantitative estimate of drug-likeness (QED) is 0.750. The maximum atomic E-state index is 5.51. The van der Waals surface area contributed by atoms with Crippen LogP contribution in [-0.4, -0.2) is 31.6 Å². The summed E-state index contributed by atoms with van der Waals surface area (Å²) in [5, 5.41) is 0. The fourth-order valence-corrected chi connectivity index (χ4v) is 2.10. The number of hydrogen-bond acceptors (Lipinski definition) is 2. The molecule has 0 saturated carbocycles. The average Bonchev–Trinajstić information content (AvgIpc) is 2.19. The molecule has 1 aliphatic carbocycles. The van der Waals surface area contributed by atoms with E-state index in [2.05, 4.69) is 37.9 Å². The summed E-state index contributed by atoms with van der Waals surface area (Å²) < 4.78 is 0. The van der Waals surface area contributed by atoms with Crippen molar-refractivity contribution in [3.63, 3.8) is 0 Å². The van der Waals surface area contributed by atoms with Gasteiger partial charge in [-0.3, -0.25) is 0 Å². The number of hydrogen-bond donors (Lipinski definition) is 1. The Hall–Kier alpha value is -0.600. The van der Waals surface area contributed by atoms with Gasteiger partial charge in [0.2, 0.25) is 0 Å². The van der Waals surface area contributed by atoms with E-state index in [1.165, 1.54) is 17.6 Å². The fraction of sp³-hybridized carbons (Fsp3) is 0.692. The van der Waals surface area contributed by atoms with E-state index in [1.54, 1.807) is 0 Å². The van der Waals surface area contributed by atoms with Crippen molar-refractivity contribution >= 4 is 0 Å². The minimum atomic E-state index is 0.705. The van der Waals surface area contributed by atoms with E-state index in [9.17, 15) is 0 Å². The van der Waals surface area contributed by atoms with Crippen LogP contribution in [0.15, 0.2) is 23.3 Å². The van der Waals surface area contributed by atoms with E-state index in [0.717, 1.165) is 26.1 Å². The molecule has 0 saturated heterocycles. The van der Waals surface area contributed by atoms with Crippen LogP contribution in [-0.2, 0) is 0 Å². The van der Waals surface area contributed by atoms with Gasteiger partial charge in [0.25, 0.3) is 0 Å². The molecule has 0 unspecified atom stereocenters. The second-order valence-electron chi connectivity index (χ2n) is 4.67. The number of nitrogens with two attached hydrogens (primary N) is 1. The van der Waals surface area contributed by atoms with Gasteiger partial charge in [0.1, 0.15) is 0 Å². The Labute approximate surface area is 93.8 Å². The zero-order chi connectivity index (χ0) is 11.3. The van der Waals surface area contributed by atoms with Crippen LogP contribution < -0.4 is 5.73 Å². The Morgan fingerprint density at radius 2 is 2.20 bits per heavy atom. The molecule has 0 amide bonds. The second-order valence-corrected chi connectivity index (χ2v) is 4.67. The van der Waals surface area contributed by atoms with Gasteiger partial charge in [0.05, 0.1) is 0 Å². The van der Waals surface area contributed by atoms with E-state index < -0.39 is 0 Å². The lowest BCUT2D eigenvalue weighted by molar-refractivity contribution is 0.291. The Kier molecular flexibility index (Phi) is 5.06. The van der Waals surface area contributed by atoms with Crippen molar-refractivity contribution in [3.05, 3.63) is 23.3 Å². The van der Waals surface area contributed by atoms with Gasteiger partial charge in [0, 0.05) is 6.54 Å². The Bertz CT molecular complexity index is 253. The lowest BCUT2D eigenvalue weighted by atomic mass is 9.89. The Balaban J connectivity index is 2.37. The van der Waals surface area contributed by atoms with E-state index >= 15 is 0 Å². The first-order valence-corrected chi connectivity index (χ1v) is 5.87. The predicted molar refractivity (Wildman–Crippen MR) is 66.8 cm³/mol. The number of rotatable bonds is 5. The highest BCUT2D eigenvalue weighted by Crippen LogP contribution is 2.23. The maximum Gasteiger partial charge on any atom is 0.00470 e. The van der Waals surface area contributed by atoms with Crippen molar-refractivity contribution in [2.75, 3.05) is 26.7 Å². The molecule has 15 heavy (non-hydrogen) atoms. The molecule has 2 N–H and O–H groups in total. The first-order valence-electron chi connectivity index (χ1n) is 5.87. The Morgan fingerprint density at radius 1 is 1.47 bits per heavy atom. The molecule has 0 aromatic carbocycles. The fourth-order valence-electron chi connectivity index (χ4n) is 2.10. The van der Waals surface area contributed by atoms with Crippen molar-refractivity contribution in [1.82, 2.24) is 4.90 Å². The molecule has 1 atom stereocenters. The molecule has 0 radical (unpaired) electrons. The molecule has 0 aromatic heterocycles. The highest BCUT2D eigenvalue weighted by Gasteiger charge is 2.15. The first-order chi connectivity index (χ1) is 7.13. The summed E-state index contributed by atoms with van der Waals surface area (Å²) in [6.45, 7) is 7.49. The summed E-state index contributed by atoms with van der Waals surface area (Å²) in [5.74, 6) is 0.705. The summed E-state index contributed by atoms with van der Waals surface area (Å²) in [7, 11) is 2.19. The third-order valence-corrected chi connectivity index (χ3v) is 3.10. The van der Waals surface area contributed by atoms with Crippen molar-refractivity contribution in [3.8, 4) is 0 Å². The molecule has 1 rings (SSSR count). The van der Waals surface area contributed by atoms with Crippen molar-refractivity contribution in [1.29, 1.82) is 0 Å². The van der Waals surface area contributed by atoms with Crippen LogP contribution in [0.25, 0.3) is 0 Å². The molecule has 2 nitrogen and oxygen atoms in total. The van der Waals surface area contributed by atoms with Gasteiger partial charge in [-0.25, -0.2) is 0 Å². The molecule has 0 spiro atoms. The second kappa shape index (κ2) is 6.09. The molecule has 0 aliphatic heterocycles. The van der Waals surface area contributed by atoms with Crippen LogP contribution in [0.4, 0.5) is 0 Å². The molecule has 2 heteroatoms. The minimum absolute atomic E-state index is 0.705. The predicted octanol–water partition coefficient (Wildman–Crippen LogP) is 2.18. The van der Waals surface area contributed by atoms with Gasteiger partial charge >= 0.3 is 0 Å². The third-order valence-electron chi connectivity index (χ3n) is 3.10. The van der Waals surface area contributed by atoms with E-state index in [-0.39, 0.29) is 0 Å². The van der Waals surface area contributed by atoms with Crippen molar-refractivity contribution in [2.45, 2.75) is 26.7 Å². The maximum absolute atomic E-state index is 5.51. The lowest BCUT2D eigenvalue weighted by Gasteiger charge is -2.26. The van der Waals surface area contributed by atoms with Gasteiger partial charge in [-0.2, -0.15) is 0 Å². The highest BCUT2D eigenvalue weighted by atomic mass is 15.1. The van der Waals surface area contributed by atoms with Gasteiger partial charge in [-0.1, -0.05) is 23.3 Å². The molecule has 0 bridgehead atoms. The standard InChI is InChI=1S/C13H24N2/c1-11-5-6-13(12(2)9-11)10-15(3)8-4-7-14/h5,9,13H,4,6-8,10,14H2,1-3H3/t13-/m0/s1. The molecular weight excluding hydrogens is 184 g/mol. The lowest BCUT2D eigenvalue weighted by Crippen LogP contribution is -2.29. The van der Waals surface area contributed by atoms with Crippen LogP contribution in [0, 0.1) is 5.92 Å². The summed E-state index contributed by atoms with van der Waals surface area (Å²) in [4.78, 5) is 2.39. The molecular formula is C13H24N2. The molecule has 0 fully saturated rings. The van der Waals surface area contributed by atoms with Crippen LogP contribution >= 0.6 is 0 Å². The monoisotopic (exact) mass is 208 g/mol. The van der Waals surface area contributed by atoms with Crippen molar-refractivity contribution in [2.24, 2.45) is 11.7 Å².